The minimum absolute atomic E-state index is 0.230. The summed E-state index contributed by atoms with van der Waals surface area (Å²) in [5, 5.41) is 14.8. The van der Waals surface area contributed by atoms with Gasteiger partial charge < -0.3 is 15.7 Å². The maximum Gasteiger partial charge on any atom is 0.329 e. The lowest BCUT2D eigenvalue weighted by molar-refractivity contribution is -0.143. The first-order valence-electron chi connectivity index (χ1n) is 6.01. The lowest BCUT2D eigenvalue weighted by atomic mass is 10.1. The summed E-state index contributed by atoms with van der Waals surface area (Å²) < 4.78 is 0. The van der Waals surface area contributed by atoms with E-state index < -0.39 is 11.5 Å². The Morgan fingerprint density at radius 1 is 1.33 bits per heavy atom. The van der Waals surface area contributed by atoms with E-state index in [2.05, 4.69) is 10.6 Å². The largest absolute Gasteiger partial charge is 0.480 e. The SMILES string of the molecule is O=C(NC1(C(=O)O)CC1)C1Cc2ccccc2N1. The topological polar surface area (TPSA) is 78.4 Å². The number of carbonyl (C=O) groups is 2. The molecular formula is C13H14N2O3. The quantitative estimate of drug-likeness (QED) is 0.735. The van der Waals surface area contributed by atoms with Gasteiger partial charge >= 0.3 is 5.97 Å². The smallest absolute Gasteiger partial charge is 0.329 e. The molecule has 94 valence electrons. The van der Waals surface area contributed by atoms with E-state index in [0.29, 0.717) is 19.3 Å². The summed E-state index contributed by atoms with van der Waals surface area (Å²) in [4.78, 5) is 23.1. The molecule has 1 aliphatic carbocycles. The monoisotopic (exact) mass is 246 g/mol. The van der Waals surface area contributed by atoms with Gasteiger partial charge in [-0.15, -0.1) is 0 Å². The van der Waals surface area contributed by atoms with Crippen LogP contribution >= 0.6 is 0 Å². The highest BCUT2D eigenvalue weighted by atomic mass is 16.4. The molecule has 0 saturated heterocycles. The Morgan fingerprint density at radius 2 is 2.06 bits per heavy atom. The third-order valence-corrected chi connectivity index (χ3v) is 3.61. The van der Waals surface area contributed by atoms with Gasteiger partial charge in [0.2, 0.25) is 5.91 Å². The molecule has 1 unspecified atom stereocenters. The van der Waals surface area contributed by atoms with Crippen molar-refractivity contribution in [2.45, 2.75) is 30.8 Å². The zero-order chi connectivity index (χ0) is 12.8. The molecule has 2 aliphatic rings. The average molecular weight is 246 g/mol. The fraction of sp³-hybridized carbons (Fsp3) is 0.385. The van der Waals surface area contributed by atoms with Crippen LogP contribution in [0.25, 0.3) is 0 Å². The lowest BCUT2D eigenvalue weighted by Crippen LogP contribution is -2.49. The van der Waals surface area contributed by atoms with E-state index in [-0.39, 0.29) is 11.9 Å². The van der Waals surface area contributed by atoms with Crippen LogP contribution in [0.3, 0.4) is 0 Å². The number of carboxylic acids is 1. The molecule has 18 heavy (non-hydrogen) atoms. The summed E-state index contributed by atoms with van der Waals surface area (Å²) in [6.07, 6.45) is 1.65. The molecule has 1 aromatic rings. The third-order valence-electron chi connectivity index (χ3n) is 3.61. The Bertz CT molecular complexity index is 498. The highest BCUT2D eigenvalue weighted by molar-refractivity contribution is 5.94. The van der Waals surface area contributed by atoms with Gasteiger partial charge in [0.05, 0.1) is 0 Å². The molecule has 1 aliphatic heterocycles. The minimum atomic E-state index is -1.01. The molecule has 0 aromatic heterocycles. The highest BCUT2D eigenvalue weighted by Gasteiger charge is 2.52. The molecule has 1 aromatic carbocycles. The molecule has 5 nitrogen and oxygen atoms in total. The van der Waals surface area contributed by atoms with Crippen molar-refractivity contribution in [1.29, 1.82) is 0 Å². The van der Waals surface area contributed by atoms with Crippen LogP contribution in [-0.4, -0.2) is 28.6 Å². The van der Waals surface area contributed by atoms with E-state index in [0.717, 1.165) is 11.3 Å². The molecule has 0 spiro atoms. The summed E-state index contributed by atoms with van der Waals surface area (Å²) in [5.41, 5.74) is 1.05. The van der Waals surface area contributed by atoms with E-state index in [9.17, 15) is 9.59 Å². The number of aliphatic carboxylic acids is 1. The minimum Gasteiger partial charge on any atom is -0.480 e. The van der Waals surface area contributed by atoms with E-state index in [1.807, 2.05) is 24.3 Å². The molecule has 3 rings (SSSR count). The van der Waals surface area contributed by atoms with Crippen LogP contribution in [0.5, 0.6) is 0 Å². The number of amides is 1. The lowest BCUT2D eigenvalue weighted by Gasteiger charge is -2.16. The van der Waals surface area contributed by atoms with Crippen molar-refractivity contribution in [3.8, 4) is 0 Å². The van der Waals surface area contributed by atoms with Crippen LogP contribution in [0.1, 0.15) is 18.4 Å². The molecule has 1 heterocycles. The molecule has 1 amide bonds. The van der Waals surface area contributed by atoms with Gasteiger partial charge in [0.25, 0.3) is 0 Å². The number of para-hydroxylation sites is 1. The van der Waals surface area contributed by atoms with Crippen LogP contribution in [0.2, 0.25) is 0 Å². The van der Waals surface area contributed by atoms with Gasteiger partial charge in [0, 0.05) is 12.1 Å². The molecule has 0 radical (unpaired) electrons. The molecule has 1 fully saturated rings. The number of carboxylic acid groups (broad SMARTS) is 1. The molecule has 1 saturated carbocycles. The van der Waals surface area contributed by atoms with Crippen molar-refractivity contribution in [3.05, 3.63) is 29.8 Å². The van der Waals surface area contributed by atoms with Crippen LogP contribution < -0.4 is 10.6 Å². The first kappa shape index (κ1) is 11.1. The molecular weight excluding hydrogens is 232 g/mol. The predicted molar refractivity (Wildman–Crippen MR) is 65.3 cm³/mol. The van der Waals surface area contributed by atoms with Crippen LogP contribution in [0.4, 0.5) is 5.69 Å². The second kappa shape index (κ2) is 3.73. The van der Waals surface area contributed by atoms with Gasteiger partial charge in [-0.05, 0) is 24.5 Å². The predicted octanol–water partition coefficient (Wildman–Crippen LogP) is 0.757. The summed E-state index contributed by atoms with van der Waals surface area (Å²) in [7, 11) is 0. The standard InChI is InChI=1S/C13H14N2O3/c16-11(15-13(5-6-13)12(17)18)10-7-8-3-1-2-4-9(8)14-10/h1-4,10,14H,5-7H2,(H,15,16)(H,17,18). The van der Waals surface area contributed by atoms with Crippen molar-refractivity contribution >= 4 is 17.6 Å². The number of rotatable bonds is 3. The Labute approximate surface area is 104 Å². The Morgan fingerprint density at radius 3 is 2.67 bits per heavy atom. The fourth-order valence-corrected chi connectivity index (χ4v) is 2.30. The van der Waals surface area contributed by atoms with Gasteiger partial charge in [-0.1, -0.05) is 18.2 Å². The molecule has 1 atom stereocenters. The van der Waals surface area contributed by atoms with Crippen molar-refractivity contribution in [2.75, 3.05) is 5.32 Å². The van der Waals surface area contributed by atoms with Crippen molar-refractivity contribution in [3.63, 3.8) is 0 Å². The average Bonchev–Trinajstić information content (AvgIpc) is 3.00. The second-order valence-electron chi connectivity index (χ2n) is 4.93. The van der Waals surface area contributed by atoms with Crippen LogP contribution in [0, 0.1) is 0 Å². The normalized spacial score (nSPS) is 22.8. The van der Waals surface area contributed by atoms with E-state index in [4.69, 9.17) is 5.11 Å². The fourth-order valence-electron chi connectivity index (χ4n) is 2.30. The van der Waals surface area contributed by atoms with Gasteiger partial charge in [-0.3, -0.25) is 4.79 Å². The zero-order valence-electron chi connectivity index (χ0n) is 9.77. The van der Waals surface area contributed by atoms with Gasteiger partial charge in [0.1, 0.15) is 11.6 Å². The first-order chi connectivity index (χ1) is 8.61. The van der Waals surface area contributed by atoms with Crippen molar-refractivity contribution in [2.24, 2.45) is 0 Å². The van der Waals surface area contributed by atoms with E-state index >= 15 is 0 Å². The number of hydrogen-bond donors (Lipinski definition) is 3. The summed E-state index contributed by atoms with van der Waals surface area (Å²) >= 11 is 0. The summed E-state index contributed by atoms with van der Waals surface area (Å²) in [5.74, 6) is -1.17. The van der Waals surface area contributed by atoms with Crippen molar-refractivity contribution < 1.29 is 14.7 Å². The van der Waals surface area contributed by atoms with Crippen LogP contribution in [-0.2, 0) is 16.0 Å². The second-order valence-corrected chi connectivity index (χ2v) is 4.93. The van der Waals surface area contributed by atoms with Gasteiger partial charge in [-0.2, -0.15) is 0 Å². The zero-order valence-corrected chi connectivity index (χ0v) is 9.77. The maximum atomic E-state index is 12.0. The Hall–Kier alpha value is -2.04. The number of nitrogens with one attached hydrogen (secondary N) is 2. The van der Waals surface area contributed by atoms with Crippen molar-refractivity contribution in [1.82, 2.24) is 5.32 Å². The van der Waals surface area contributed by atoms with E-state index in [1.165, 1.54) is 0 Å². The summed E-state index contributed by atoms with van der Waals surface area (Å²) in [6.45, 7) is 0. The Kier molecular flexibility index (Phi) is 2.29. The molecule has 3 N–H and O–H groups in total. The maximum absolute atomic E-state index is 12.0. The number of hydrogen-bond acceptors (Lipinski definition) is 3. The Balaban J connectivity index is 1.68. The van der Waals surface area contributed by atoms with Gasteiger partial charge in [-0.25, -0.2) is 4.79 Å². The molecule has 5 heteroatoms. The van der Waals surface area contributed by atoms with Gasteiger partial charge in [0.15, 0.2) is 0 Å². The first-order valence-corrected chi connectivity index (χ1v) is 6.01. The third kappa shape index (κ3) is 1.72. The number of carbonyl (C=O) groups excluding carboxylic acids is 1. The number of fused-ring (bicyclic) bond motifs is 1. The number of anilines is 1. The molecule has 0 bridgehead atoms. The number of benzene rings is 1. The highest BCUT2D eigenvalue weighted by Crippen LogP contribution is 2.36. The van der Waals surface area contributed by atoms with Crippen LogP contribution in [0.15, 0.2) is 24.3 Å². The summed E-state index contributed by atoms with van der Waals surface area (Å²) in [6, 6.07) is 7.37. The van der Waals surface area contributed by atoms with E-state index in [1.54, 1.807) is 0 Å².